The van der Waals surface area contributed by atoms with Crippen LogP contribution in [0.25, 0.3) is 0 Å². The quantitative estimate of drug-likeness (QED) is 0.596. The van der Waals surface area contributed by atoms with Crippen LogP contribution >= 0.6 is 11.3 Å². The Bertz CT molecular complexity index is 898. The number of amides is 2. The van der Waals surface area contributed by atoms with Crippen LogP contribution in [0.15, 0.2) is 35.7 Å². The van der Waals surface area contributed by atoms with Crippen molar-refractivity contribution in [1.29, 1.82) is 0 Å². The van der Waals surface area contributed by atoms with E-state index < -0.39 is 5.41 Å². The van der Waals surface area contributed by atoms with Crippen molar-refractivity contribution < 1.29 is 14.3 Å². The minimum Gasteiger partial charge on any atom is -0.385 e. The average molecular weight is 443 g/mol. The number of rotatable bonds is 7. The van der Waals surface area contributed by atoms with E-state index in [1.807, 2.05) is 25.7 Å². The Morgan fingerprint density at radius 2 is 1.90 bits per heavy atom. The average Bonchev–Trinajstić information content (AvgIpc) is 3.20. The summed E-state index contributed by atoms with van der Waals surface area (Å²) in [7, 11) is 1.65. The van der Waals surface area contributed by atoms with Crippen molar-refractivity contribution >= 4 is 23.2 Å². The molecule has 2 heterocycles. The summed E-state index contributed by atoms with van der Waals surface area (Å²) in [6.45, 7) is 9.62. The molecule has 1 atom stereocenters. The molecule has 1 aromatic heterocycles. The molecule has 5 nitrogen and oxygen atoms in total. The number of carbonyl (C=O) groups excluding carboxylic acids is 2. The van der Waals surface area contributed by atoms with Gasteiger partial charge in [0.1, 0.15) is 0 Å². The summed E-state index contributed by atoms with van der Waals surface area (Å²) in [4.78, 5) is 31.6. The summed E-state index contributed by atoms with van der Waals surface area (Å²) in [5.74, 6) is -0.00508. The fourth-order valence-electron chi connectivity index (χ4n) is 4.07. The minimum absolute atomic E-state index is 0.00237. The highest BCUT2D eigenvalue weighted by Gasteiger charge is 2.35. The normalized spacial score (nSPS) is 16.2. The van der Waals surface area contributed by atoms with Gasteiger partial charge in [0.05, 0.1) is 12.6 Å². The summed E-state index contributed by atoms with van der Waals surface area (Å²) in [6.07, 6.45) is 1.57. The molecule has 0 fully saturated rings. The molecule has 0 bridgehead atoms. The molecule has 1 unspecified atom stereocenters. The second kappa shape index (κ2) is 9.96. The van der Waals surface area contributed by atoms with E-state index in [1.165, 1.54) is 16.0 Å². The number of ether oxygens (including phenoxy) is 1. The van der Waals surface area contributed by atoms with Crippen LogP contribution in [-0.4, -0.2) is 55.0 Å². The molecule has 0 N–H and O–H groups in total. The predicted octanol–water partition coefficient (Wildman–Crippen LogP) is 4.44. The number of thiophene rings is 1. The first-order chi connectivity index (χ1) is 14.7. The third kappa shape index (κ3) is 5.55. The van der Waals surface area contributed by atoms with Gasteiger partial charge in [0, 0.05) is 37.1 Å². The molecule has 1 aliphatic heterocycles. The number of benzene rings is 1. The third-order valence-electron chi connectivity index (χ3n) is 5.71. The van der Waals surface area contributed by atoms with E-state index >= 15 is 0 Å². The molecule has 6 heteroatoms. The van der Waals surface area contributed by atoms with Crippen LogP contribution in [0.5, 0.6) is 0 Å². The second-order valence-corrected chi connectivity index (χ2v) is 10.3. The van der Waals surface area contributed by atoms with E-state index in [0.29, 0.717) is 26.1 Å². The van der Waals surface area contributed by atoms with Gasteiger partial charge in [0.25, 0.3) is 0 Å². The zero-order valence-corrected chi connectivity index (χ0v) is 20.1. The van der Waals surface area contributed by atoms with Crippen molar-refractivity contribution in [1.82, 2.24) is 9.80 Å². The highest BCUT2D eigenvalue weighted by atomic mass is 32.1. The topological polar surface area (TPSA) is 49.9 Å². The van der Waals surface area contributed by atoms with Crippen LogP contribution in [-0.2, 0) is 20.7 Å². The molecule has 0 saturated carbocycles. The van der Waals surface area contributed by atoms with Crippen molar-refractivity contribution in [2.24, 2.45) is 5.41 Å². The predicted molar refractivity (Wildman–Crippen MR) is 125 cm³/mol. The van der Waals surface area contributed by atoms with Gasteiger partial charge in [-0.05, 0) is 42.3 Å². The summed E-state index contributed by atoms with van der Waals surface area (Å²) in [5, 5.41) is 2.11. The van der Waals surface area contributed by atoms with Crippen molar-refractivity contribution in [2.45, 2.75) is 46.6 Å². The van der Waals surface area contributed by atoms with Gasteiger partial charge in [-0.15, -0.1) is 11.3 Å². The Hall–Kier alpha value is -2.18. The highest BCUT2D eigenvalue weighted by Crippen LogP contribution is 2.38. The van der Waals surface area contributed by atoms with E-state index in [1.54, 1.807) is 23.3 Å². The van der Waals surface area contributed by atoms with Crippen molar-refractivity contribution in [2.75, 3.05) is 33.4 Å². The van der Waals surface area contributed by atoms with Crippen LogP contribution in [0.4, 0.5) is 0 Å². The van der Waals surface area contributed by atoms with Crippen molar-refractivity contribution in [3.05, 3.63) is 57.3 Å². The van der Waals surface area contributed by atoms with E-state index in [4.69, 9.17) is 4.74 Å². The largest absolute Gasteiger partial charge is 0.385 e. The molecule has 0 radical (unpaired) electrons. The number of nitrogens with zero attached hydrogens (tertiary/aromatic N) is 2. The lowest BCUT2D eigenvalue weighted by atomic mass is 9.92. The van der Waals surface area contributed by atoms with Gasteiger partial charge < -0.3 is 14.5 Å². The number of fused-ring (bicyclic) bond motifs is 1. The molecule has 3 rings (SSSR count). The van der Waals surface area contributed by atoms with E-state index in [2.05, 4.69) is 42.6 Å². The molecule has 1 aliphatic rings. The Morgan fingerprint density at radius 3 is 2.55 bits per heavy atom. The molecule has 168 valence electrons. The van der Waals surface area contributed by atoms with Gasteiger partial charge in [-0.25, -0.2) is 0 Å². The third-order valence-corrected chi connectivity index (χ3v) is 6.71. The smallest absolute Gasteiger partial charge is 0.242 e. The fourth-order valence-corrected chi connectivity index (χ4v) is 4.98. The van der Waals surface area contributed by atoms with Gasteiger partial charge in [0.15, 0.2) is 0 Å². The summed E-state index contributed by atoms with van der Waals surface area (Å²) >= 11 is 1.76. The SMILES string of the molecule is COCCCN(CC(=O)N1CCc2sccc2C1c1ccc(C)cc1)C(=O)C(C)(C)C. The molecular weight excluding hydrogens is 408 g/mol. The molecule has 31 heavy (non-hydrogen) atoms. The number of carbonyl (C=O) groups is 2. The van der Waals surface area contributed by atoms with Crippen LogP contribution in [0.3, 0.4) is 0 Å². The maximum atomic E-state index is 13.6. The van der Waals surface area contributed by atoms with E-state index in [9.17, 15) is 9.59 Å². The van der Waals surface area contributed by atoms with Gasteiger partial charge >= 0.3 is 0 Å². The number of hydrogen-bond acceptors (Lipinski definition) is 4. The Kier molecular flexibility index (Phi) is 7.55. The molecule has 2 amide bonds. The molecule has 0 aliphatic carbocycles. The van der Waals surface area contributed by atoms with E-state index in [-0.39, 0.29) is 24.4 Å². The zero-order valence-electron chi connectivity index (χ0n) is 19.3. The second-order valence-electron chi connectivity index (χ2n) is 9.27. The van der Waals surface area contributed by atoms with E-state index in [0.717, 1.165) is 12.0 Å². The maximum absolute atomic E-state index is 13.6. The zero-order chi connectivity index (χ0) is 22.6. The van der Waals surface area contributed by atoms with Gasteiger partial charge in [-0.2, -0.15) is 0 Å². The summed E-state index contributed by atoms with van der Waals surface area (Å²) in [5.41, 5.74) is 2.99. The Balaban J connectivity index is 1.86. The molecule has 0 saturated heterocycles. The van der Waals surface area contributed by atoms with Crippen molar-refractivity contribution in [3.8, 4) is 0 Å². The first-order valence-corrected chi connectivity index (χ1v) is 11.8. The van der Waals surface area contributed by atoms with Crippen LogP contribution in [0.1, 0.15) is 54.8 Å². The van der Waals surface area contributed by atoms with Crippen LogP contribution in [0.2, 0.25) is 0 Å². The highest BCUT2D eigenvalue weighted by molar-refractivity contribution is 7.10. The number of hydrogen-bond donors (Lipinski definition) is 0. The maximum Gasteiger partial charge on any atom is 0.242 e. The number of aryl methyl sites for hydroxylation is 1. The van der Waals surface area contributed by atoms with Gasteiger partial charge in [-0.1, -0.05) is 50.6 Å². The number of methoxy groups -OCH3 is 1. The van der Waals surface area contributed by atoms with Gasteiger partial charge in [0.2, 0.25) is 11.8 Å². The summed E-state index contributed by atoms with van der Waals surface area (Å²) in [6, 6.07) is 10.5. The van der Waals surface area contributed by atoms with Gasteiger partial charge in [-0.3, -0.25) is 9.59 Å². The summed E-state index contributed by atoms with van der Waals surface area (Å²) < 4.78 is 5.16. The Morgan fingerprint density at radius 1 is 1.19 bits per heavy atom. The first kappa shape index (κ1) is 23.5. The standard InChI is InChI=1S/C25H34N2O3S/c1-18-7-9-19(10-8-18)23-20-12-16-31-21(20)11-14-27(23)22(28)17-26(13-6-15-30-5)24(29)25(2,3)4/h7-10,12,16,23H,6,11,13-15,17H2,1-5H3. The molecule has 1 aromatic carbocycles. The molecular formula is C25H34N2O3S. The lowest BCUT2D eigenvalue weighted by Crippen LogP contribution is -2.49. The monoisotopic (exact) mass is 442 g/mol. The minimum atomic E-state index is -0.536. The van der Waals surface area contributed by atoms with Crippen LogP contribution < -0.4 is 0 Å². The molecule has 0 spiro atoms. The fraction of sp³-hybridized carbons (Fsp3) is 0.520. The Labute approximate surface area is 190 Å². The van der Waals surface area contributed by atoms with Crippen molar-refractivity contribution in [3.63, 3.8) is 0 Å². The lowest BCUT2D eigenvalue weighted by Gasteiger charge is -2.38. The first-order valence-electron chi connectivity index (χ1n) is 10.9. The molecule has 2 aromatic rings. The van der Waals surface area contributed by atoms with Crippen LogP contribution in [0, 0.1) is 12.3 Å². The lowest BCUT2D eigenvalue weighted by molar-refractivity contribution is -0.146.